The molecule has 8 nitrogen and oxygen atoms in total. The maximum atomic E-state index is 12.8. The molecule has 0 radical (unpaired) electrons. The summed E-state index contributed by atoms with van der Waals surface area (Å²) >= 11 is 0. The summed E-state index contributed by atoms with van der Waals surface area (Å²) in [7, 11) is -0.627. The summed E-state index contributed by atoms with van der Waals surface area (Å²) < 4.78 is 33.3. The average molecular weight is 420 g/mol. The minimum Gasteiger partial charge on any atom is -0.465 e. The first-order valence-electron chi connectivity index (χ1n) is 9.45. The number of esters is 1. The van der Waals surface area contributed by atoms with Crippen LogP contribution in [0.5, 0.6) is 0 Å². The van der Waals surface area contributed by atoms with Crippen LogP contribution in [0.25, 0.3) is 0 Å². The number of ether oxygens (including phenoxy) is 1. The predicted molar refractivity (Wildman–Crippen MR) is 107 cm³/mol. The molecule has 156 valence electrons. The van der Waals surface area contributed by atoms with Gasteiger partial charge in [-0.15, -0.1) is 0 Å². The van der Waals surface area contributed by atoms with Crippen LogP contribution < -0.4 is 5.32 Å². The third-order valence-electron chi connectivity index (χ3n) is 4.99. The molecule has 1 amide bonds. The Kier molecular flexibility index (Phi) is 6.39. The Balaban J connectivity index is 1.68. The number of sulfonamides is 1. The van der Waals surface area contributed by atoms with Crippen molar-refractivity contribution in [3.8, 4) is 0 Å². The number of methoxy groups -OCH3 is 1. The fourth-order valence-corrected chi connectivity index (χ4v) is 4.89. The van der Waals surface area contributed by atoms with Crippen LogP contribution in [-0.4, -0.2) is 49.4 Å². The average Bonchev–Trinajstić information content (AvgIpc) is 3.15. The Morgan fingerprint density at radius 1 is 1.10 bits per heavy atom. The third kappa shape index (κ3) is 4.68. The minimum absolute atomic E-state index is 0.134. The molecule has 0 saturated carbocycles. The summed E-state index contributed by atoms with van der Waals surface area (Å²) in [6.45, 7) is 1.28. The number of carbonyl (C=O) groups is 2. The van der Waals surface area contributed by atoms with Gasteiger partial charge < -0.3 is 14.6 Å². The first-order valence-corrected chi connectivity index (χ1v) is 10.9. The van der Waals surface area contributed by atoms with Crippen molar-refractivity contribution in [1.82, 2.24) is 14.2 Å². The van der Waals surface area contributed by atoms with Gasteiger partial charge in [0, 0.05) is 32.9 Å². The smallest absolute Gasteiger partial charge is 0.337 e. The van der Waals surface area contributed by atoms with Crippen molar-refractivity contribution in [2.24, 2.45) is 7.05 Å². The summed E-state index contributed by atoms with van der Waals surface area (Å²) in [6.07, 6.45) is 4.22. The van der Waals surface area contributed by atoms with E-state index in [1.807, 2.05) is 0 Å². The number of nitrogens with one attached hydrogen (secondary N) is 1. The Labute approximate surface area is 170 Å². The highest BCUT2D eigenvalue weighted by Crippen LogP contribution is 2.22. The Hall–Kier alpha value is -2.65. The SMILES string of the molecule is COC(=O)c1ccc(CNC(=O)c2cc(S(=O)(=O)N3CCCCC3)cn2C)cc1. The molecule has 2 heterocycles. The molecule has 1 saturated heterocycles. The zero-order valence-corrected chi connectivity index (χ0v) is 17.4. The molecule has 1 aromatic carbocycles. The molecule has 9 heteroatoms. The van der Waals surface area contributed by atoms with Gasteiger partial charge in [0.15, 0.2) is 0 Å². The number of hydrogen-bond donors (Lipinski definition) is 1. The second-order valence-corrected chi connectivity index (χ2v) is 8.95. The van der Waals surface area contributed by atoms with Gasteiger partial charge in [0.05, 0.1) is 12.7 Å². The Morgan fingerprint density at radius 3 is 2.38 bits per heavy atom. The number of aryl methyl sites for hydroxylation is 1. The zero-order chi connectivity index (χ0) is 21.0. The normalized spacial score (nSPS) is 15.1. The van der Waals surface area contributed by atoms with Crippen LogP contribution in [0.3, 0.4) is 0 Å². The molecule has 1 aliphatic heterocycles. The van der Waals surface area contributed by atoms with E-state index >= 15 is 0 Å². The van der Waals surface area contributed by atoms with E-state index in [9.17, 15) is 18.0 Å². The molecule has 1 aromatic heterocycles. The summed E-state index contributed by atoms with van der Waals surface area (Å²) in [5.74, 6) is -0.795. The molecule has 0 atom stereocenters. The minimum atomic E-state index is -3.59. The number of rotatable bonds is 6. The molecular weight excluding hydrogens is 394 g/mol. The van der Waals surface area contributed by atoms with Gasteiger partial charge >= 0.3 is 5.97 Å². The van der Waals surface area contributed by atoms with E-state index in [2.05, 4.69) is 10.1 Å². The molecule has 2 aromatic rings. The standard InChI is InChI=1S/C20H25N3O5S/c1-22-14-17(29(26,27)23-10-4-3-5-11-23)12-18(22)19(24)21-13-15-6-8-16(9-7-15)20(25)28-2/h6-9,12,14H,3-5,10-11,13H2,1-2H3,(H,21,24). The zero-order valence-electron chi connectivity index (χ0n) is 16.6. The van der Waals surface area contributed by atoms with Crippen molar-refractivity contribution in [1.29, 1.82) is 0 Å². The maximum Gasteiger partial charge on any atom is 0.337 e. The predicted octanol–water partition coefficient (Wildman–Crippen LogP) is 1.92. The number of piperidine rings is 1. The van der Waals surface area contributed by atoms with Crippen molar-refractivity contribution in [3.05, 3.63) is 53.3 Å². The lowest BCUT2D eigenvalue weighted by Crippen LogP contribution is -2.35. The van der Waals surface area contributed by atoms with Crippen LogP contribution in [0, 0.1) is 0 Å². The highest BCUT2D eigenvalue weighted by molar-refractivity contribution is 7.89. The lowest BCUT2D eigenvalue weighted by atomic mass is 10.1. The van der Waals surface area contributed by atoms with Gasteiger partial charge in [0.2, 0.25) is 10.0 Å². The van der Waals surface area contributed by atoms with Crippen LogP contribution in [0.15, 0.2) is 41.4 Å². The van der Waals surface area contributed by atoms with E-state index < -0.39 is 16.0 Å². The van der Waals surface area contributed by atoms with E-state index in [0.717, 1.165) is 24.8 Å². The van der Waals surface area contributed by atoms with Crippen molar-refractivity contribution in [2.75, 3.05) is 20.2 Å². The largest absolute Gasteiger partial charge is 0.465 e. The Bertz CT molecular complexity index is 990. The first kappa shape index (κ1) is 21.1. The number of aromatic nitrogens is 1. The molecule has 1 fully saturated rings. The summed E-state index contributed by atoms with van der Waals surface area (Å²) in [5.41, 5.74) is 1.51. The maximum absolute atomic E-state index is 12.8. The van der Waals surface area contributed by atoms with Crippen LogP contribution in [0.1, 0.15) is 45.7 Å². The highest BCUT2D eigenvalue weighted by Gasteiger charge is 2.28. The fraction of sp³-hybridized carbons (Fsp3) is 0.400. The van der Waals surface area contributed by atoms with Gasteiger partial charge in [-0.25, -0.2) is 13.2 Å². The molecule has 0 unspecified atom stereocenters. The molecule has 3 rings (SSSR count). The number of benzene rings is 1. The van der Waals surface area contributed by atoms with Gasteiger partial charge in [-0.1, -0.05) is 18.6 Å². The topological polar surface area (TPSA) is 97.7 Å². The van der Waals surface area contributed by atoms with E-state index in [1.165, 1.54) is 28.2 Å². The molecule has 0 bridgehead atoms. The summed E-state index contributed by atoms with van der Waals surface area (Å²) in [6, 6.07) is 8.12. The van der Waals surface area contributed by atoms with Crippen molar-refractivity contribution in [2.45, 2.75) is 30.7 Å². The molecular formula is C20H25N3O5S. The molecule has 0 spiro atoms. The van der Waals surface area contributed by atoms with Gasteiger partial charge in [-0.3, -0.25) is 4.79 Å². The van der Waals surface area contributed by atoms with Crippen LogP contribution in [0.4, 0.5) is 0 Å². The van der Waals surface area contributed by atoms with E-state index in [1.54, 1.807) is 31.3 Å². The lowest BCUT2D eigenvalue weighted by molar-refractivity contribution is 0.0600. The monoisotopic (exact) mass is 419 g/mol. The summed E-state index contributed by atoms with van der Waals surface area (Å²) in [5, 5.41) is 2.78. The molecule has 1 aliphatic rings. The van der Waals surface area contributed by atoms with Crippen molar-refractivity contribution < 1.29 is 22.7 Å². The number of amides is 1. The third-order valence-corrected chi connectivity index (χ3v) is 6.86. The van der Waals surface area contributed by atoms with Crippen LogP contribution >= 0.6 is 0 Å². The van der Waals surface area contributed by atoms with Crippen molar-refractivity contribution in [3.63, 3.8) is 0 Å². The lowest BCUT2D eigenvalue weighted by Gasteiger charge is -2.25. The van der Waals surface area contributed by atoms with Gasteiger partial charge in [0.25, 0.3) is 5.91 Å². The fourth-order valence-electron chi connectivity index (χ4n) is 3.30. The quantitative estimate of drug-likeness (QED) is 0.722. The molecule has 29 heavy (non-hydrogen) atoms. The van der Waals surface area contributed by atoms with E-state index in [0.29, 0.717) is 18.7 Å². The number of nitrogens with zero attached hydrogens (tertiary/aromatic N) is 2. The Morgan fingerprint density at radius 2 is 1.76 bits per heavy atom. The van der Waals surface area contributed by atoms with Gasteiger partial charge in [-0.2, -0.15) is 4.31 Å². The number of hydrogen-bond acceptors (Lipinski definition) is 5. The highest BCUT2D eigenvalue weighted by atomic mass is 32.2. The van der Waals surface area contributed by atoms with E-state index in [-0.39, 0.29) is 23.0 Å². The van der Waals surface area contributed by atoms with E-state index in [4.69, 9.17) is 0 Å². The van der Waals surface area contributed by atoms with Crippen LogP contribution in [-0.2, 0) is 28.4 Å². The molecule has 0 aliphatic carbocycles. The second kappa shape index (κ2) is 8.79. The van der Waals surface area contributed by atoms with Crippen molar-refractivity contribution >= 4 is 21.9 Å². The molecule has 1 N–H and O–H groups in total. The van der Waals surface area contributed by atoms with Crippen LogP contribution in [0.2, 0.25) is 0 Å². The van der Waals surface area contributed by atoms with Gasteiger partial charge in [-0.05, 0) is 36.6 Å². The number of carbonyl (C=O) groups excluding carboxylic acids is 2. The summed E-state index contributed by atoms with van der Waals surface area (Å²) in [4.78, 5) is 24.2. The second-order valence-electron chi connectivity index (χ2n) is 7.01. The van der Waals surface area contributed by atoms with Gasteiger partial charge in [0.1, 0.15) is 10.6 Å². The first-order chi connectivity index (χ1) is 13.8.